The molecule has 0 radical (unpaired) electrons. The lowest BCUT2D eigenvalue weighted by Gasteiger charge is -2.43. The maximum absolute atomic E-state index is 12.6. The number of carbonyl (C=O) groups excluding carboxylic acids is 1. The number of ether oxygens (including phenoxy) is 2. The molecule has 200 valence electrons. The van der Waals surface area contributed by atoms with Gasteiger partial charge in [-0.2, -0.15) is 0 Å². The molecule has 0 bridgehead atoms. The first-order chi connectivity index (χ1) is 18.2. The van der Waals surface area contributed by atoms with E-state index in [1.165, 1.54) is 0 Å². The Kier molecular flexibility index (Phi) is 6.22. The van der Waals surface area contributed by atoms with Gasteiger partial charge in [-0.05, 0) is 52.7 Å². The zero-order valence-electron chi connectivity index (χ0n) is 22.1. The van der Waals surface area contributed by atoms with Gasteiger partial charge in [0, 0.05) is 59.8 Å². The fraction of sp³-hybridized carbons (Fsp3) is 0.481. The number of alkyl carbamates (subject to hydrolysis) is 1. The molecular weight excluding hydrogens is 502 g/mol. The summed E-state index contributed by atoms with van der Waals surface area (Å²) in [6.45, 7) is 9.90. The van der Waals surface area contributed by atoms with Crippen molar-refractivity contribution in [1.82, 2.24) is 29.7 Å². The van der Waals surface area contributed by atoms with Gasteiger partial charge in [0.05, 0.1) is 23.6 Å². The Hall–Kier alpha value is -3.31. The molecule has 2 aliphatic rings. The fourth-order valence-corrected chi connectivity index (χ4v) is 6.61. The van der Waals surface area contributed by atoms with Crippen molar-refractivity contribution < 1.29 is 14.3 Å². The normalized spacial score (nSPS) is 21.4. The molecule has 2 N–H and O–H groups in total. The standard InChI is InChI=1S/C27H33N7O3S/c1-17-21(32-25(35)37-26(2,3)4)27(16-36-17)7-12-33(13-8-27)24-31-15-20(23-30-11-14-34(23)24)38-19-6-10-29-22-18(19)5-9-28-22/h5-6,9-11,14-15,17,21H,7-8,12-13,16H2,1-4H3,(H,28,29)(H,32,35)/t17-,21+/m0/s1. The van der Waals surface area contributed by atoms with Crippen LogP contribution in [0, 0.1) is 5.41 Å². The summed E-state index contributed by atoms with van der Waals surface area (Å²) >= 11 is 1.64. The van der Waals surface area contributed by atoms with Crippen molar-refractivity contribution in [2.45, 2.75) is 68.1 Å². The number of nitrogens with one attached hydrogen (secondary N) is 2. The lowest BCUT2D eigenvalue weighted by atomic mass is 9.73. The molecule has 6 rings (SSSR count). The van der Waals surface area contributed by atoms with Crippen LogP contribution in [0.2, 0.25) is 0 Å². The average Bonchev–Trinajstić information content (AvgIpc) is 3.61. The number of hydrogen-bond donors (Lipinski definition) is 2. The molecule has 0 saturated carbocycles. The van der Waals surface area contributed by atoms with Crippen molar-refractivity contribution in [3.8, 4) is 0 Å². The van der Waals surface area contributed by atoms with Crippen LogP contribution in [0.1, 0.15) is 40.5 Å². The number of anilines is 1. The highest BCUT2D eigenvalue weighted by atomic mass is 32.2. The van der Waals surface area contributed by atoms with Crippen LogP contribution in [0.4, 0.5) is 10.7 Å². The van der Waals surface area contributed by atoms with E-state index in [0.29, 0.717) is 6.61 Å². The van der Waals surface area contributed by atoms with Gasteiger partial charge in [-0.1, -0.05) is 11.8 Å². The number of piperidine rings is 1. The van der Waals surface area contributed by atoms with E-state index in [0.717, 1.165) is 58.4 Å². The van der Waals surface area contributed by atoms with E-state index in [-0.39, 0.29) is 23.7 Å². The molecule has 11 heteroatoms. The van der Waals surface area contributed by atoms with Crippen LogP contribution in [0.3, 0.4) is 0 Å². The number of amides is 1. The van der Waals surface area contributed by atoms with E-state index in [1.807, 2.05) is 70.8 Å². The minimum atomic E-state index is -0.541. The van der Waals surface area contributed by atoms with Crippen molar-refractivity contribution in [3.05, 3.63) is 43.1 Å². The number of rotatable bonds is 4. The third-order valence-corrected chi connectivity index (χ3v) is 8.57. The van der Waals surface area contributed by atoms with Gasteiger partial charge in [0.2, 0.25) is 5.95 Å². The highest BCUT2D eigenvalue weighted by molar-refractivity contribution is 7.99. The maximum Gasteiger partial charge on any atom is 0.407 e. The first-order valence-electron chi connectivity index (χ1n) is 13.0. The summed E-state index contributed by atoms with van der Waals surface area (Å²) < 4.78 is 13.7. The second kappa shape index (κ2) is 9.46. The molecule has 4 aromatic rings. The Balaban J connectivity index is 1.20. The average molecular weight is 536 g/mol. The first kappa shape index (κ1) is 25.0. The Morgan fingerprint density at radius 2 is 2.00 bits per heavy atom. The van der Waals surface area contributed by atoms with Crippen LogP contribution >= 0.6 is 11.8 Å². The second-order valence-corrected chi connectivity index (χ2v) is 12.3. The number of H-pyrrole nitrogens is 1. The Morgan fingerprint density at radius 3 is 2.79 bits per heavy atom. The maximum atomic E-state index is 12.6. The molecule has 10 nitrogen and oxygen atoms in total. The van der Waals surface area contributed by atoms with Crippen molar-refractivity contribution in [2.24, 2.45) is 5.41 Å². The molecule has 2 atom stereocenters. The number of fused-ring (bicyclic) bond motifs is 2. The molecule has 1 amide bonds. The van der Waals surface area contributed by atoms with Gasteiger partial charge in [0.1, 0.15) is 11.2 Å². The minimum Gasteiger partial charge on any atom is -0.444 e. The van der Waals surface area contributed by atoms with E-state index < -0.39 is 5.60 Å². The van der Waals surface area contributed by atoms with Crippen LogP contribution in [-0.2, 0) is 9.47 Å². The summed E-state index contributed by atoms with van der Waals surface area (Å²) in [5, 5.41) is 4.20. The molecule has 38 heavy (non-hydrogen) atoms. The van der Waals surface area contributed by atoms with Crippen molar-refractivity contribution >= 4 is 40.5 Å². The molecule has 6 heterocycles. The summed E-state index contributed by atoms with van der Waals surface area (Å²) in [6, 6.07) is 3.97. The molecule has 0 unspecified atom stereocenters. The SMILES string of the molecule is C[C@@H]1OCC2(CCN(c3ncc(Sc4ccnc5[nH]ccc45)c4nccn34)CC2)[C@@H]1NC(=O)OC(C)(C)C. The lowest BCUT2D eigenvalue weighted by molar-refractivity contribution is 0.0434. The molecule has 2 saturated heterocycles. The smallest absolute Gasteiger partial charge is 0.407 e. The highest BCUT2D eigenvalue weighted by Crippen LogP contribution is 2.43. The minimum absolute atomic E-state index is 0.0662. The molecular formula is C27H33N7O3S. The zero-order chi connectivity index (χ0) is 26.5. The number of hydrogen-bond acceptors (Lipinski definition) is 8. The van der Waals surface area contributed by atoms with Gasteiger partial charge in [0.15, 0.2) is 5.65 Å². The number of carbonyl (C=O) groups is 1. The predicted octanol–water partition coefficient (Wildman–Crippen LogP) is 4.66. The fourth-order valence-electron chi connectivity index (χ4n) is 5.63. The third-order valence-electron chi connectivity index (χ3n) is 7.49. The highest BCUT2D eigenvalue weighted by Gasteiger charge is 2.50. The van der Waals surface area contributed by atoms with E-state index in [9.17, 15) is 4.79 Å². The third kappa shape index (κ3) is 4.58. The summed E-state index contributed by atoms with van der Waals surface area (Å²) in [6.07, 6.45) is 10.7. The summed E-state index contributed by atoms with van der Waals surface area (Å²) in [4.78, 5) is 34.1. The van der Waals surface area contributed by atoms with Crippen LogP contribution in [0.5, 0.6) is 0 Å². The van der Waals surface area contributed by atoms with Crippen molar-refractivity contribution in [3.63, 3.8) is 0 Å². The first-order valence-corrected chi connectivity index (χ1v) is 13.8. The van der Waals surface area contributed by atoms with Gasteiger partial charge in [-0.3, -0.25) is 4.40 Å². The number of imidazole rings is 1. The van der Waals surface area contributed by atoms with Crippen LogP contribution in [0.25, 0.3) is 16.7 Å². The lowest BCUT2D eigenvalue weighted by Crippen LogP contribution is -2.55. The van der Waals surface area contributed by atoms with Crippen LogP contribution in [0.15, 0.2) is 52.9 Å². The Bertz CT molecular complexity index is 1470. The Labute approximate surface area is 225 Å². The molecule has 1 spiro atoms. The summed E-state index contributed by atoms with van der Waals surface area (Å²) in [7, 11) is 0. The zero-order valence-corrected chi connectivity index (χ0v) is 22.9. The number of aromatic nitrogens is 5. The van der Waals surface area contributed by atoms with Gasteiger partial charge < -0.3 is 24.7 Å². The predicted molar refractivity (Wildman–Crippen MR) is 146 cm³/mol. The number of aromatic amines is 1. The van der Waals surface area contributed by atoms with Crippen molar-refractivity contribution in [2.75, 3.05) is 24.6 Å². The second-order valence-electron chi connectivity index (χ2n) is 11.2. The number of nitrogens with zero attached hydrogens (tertiary/aromatic N) is 5. The molecule has 0 aromatic carbocycles. The summed E-state index contributed by atoms with van der Waals surface area (Å²) in [5.41, 5.74) is 1.08. The van der Waals surface area contributed by atoms with Gasteiger partial charge in [-0.25, -0.2) is 19.7 Å². The summed E-state index contributed by atoms with van der Waals surface area (Å²) in [5.74, 6) is 0.877. The Morgan fingerprint density at radius 1 is 1.18 bits per heavy atom. The molecule has 0 aliphatic carbocycles. The monoisotopic (exact) mass is 535 g/mol. The van der Waals surface area contributed by atoms with Crippen LogP contribution < -0.4 is 10.2 Å². The van der Waals surface area contributed by atoms with Crippen LogP contribution in [-0.4, -0.2) is 67.9 Å². The van der Waals surface area contributed by atoms with E-state index in [2.05, 4.69) is 29.6 Å². The van der Waals surface area contributed by atoms with Crippen molar-refractivity contribution in [1.29, 1.82) is 0 Å². The van der Waals surface area contributed by atoms with Gasteiger partial charge in [-0.15, -0.1) is 0 Å². The topological polar surface area (TPSA) is 110 Å². The van der Waals surface area contributed by atoms with E-state index in [1.54, 1.807) is 11.8 Å². The van der Waals surface area contributed by atoms with Gasteiger partial charge >= 0.3 is 6.09 Å². The van der Waals surface area contributed by atoms with E-state index >= 15 is 0 Å². The van der Waals surface area contributed by atoms with E-state index in [4.69, 9.17) is 14.5 Å². The van der Waals surface area contributed by atoms with Gasteiger partial charge in [0.25, 0.3) is 0 Å². The molecule has 2 aliphatic heterocycles. The molecule has 4 aromatic heterocycles. The quantitative estimate of drug-likeness (QED) is 0.389. The number of pyridine rings is 1. The molecule has 2 fully saturated rings. The largest absolute Gasteiger partial charge is 0.444 e.